The number of nitrogens with zero attached hydrogens (tertiary/aromatic N) is 4. The number of benzene rings is 2. The Labute approximate surface area is 188 Å². The molecule has 0 bridgehead atoms. The first-order chi connectivity index (χ1) is 15.6. The second-order valence-corrected chi connectivity index (χ2v) is 8.05. The van der Waals surface area contributed by atoms with Crippen molar-refractivity contribution in [3.63, 3.8) is 0 Å². The number of piperazine rings is 1. The van der Waals surface area contributed by atoms with Gasteiger partial charge in [0.1, 0.15) is 17.9 Å². The predicted octanol–water partition coefficient (Wildman–Crippen LogP) is 2.72. The van der Waals surface area contributed by atoms with Gasteiger partial charge in [0.25, 0.3) is 0 Å². The molecule has 1 N–H and O–H groups in total. The fourth-order valence-corrected chi connectivity index (χ4v) is 3.90. The van der Waals surface area contributed by atoms with Gasteiger partial charge in [-0.15, -0.1) is 6.42 Å². The summed E-state index contributed by atoms with van der Waals surface area (Å²) >= 11 is 0. The molecule has 0 radical (unpaired) electrons. The summed E-state index contributed by atoms with van der Waals surface area (Å²) < 4.78 is 5.57. The topological polar surface area (TPSA) is 70.6 Å². The molecule has 2 aromatic carbocycles. The zero-order chi connectivity index (χ0) is 22.5. The molecule has 0 saturated carbocycles. The molecular weight excluding hydrogens is 402 g/mol. The molecular formula is C25H27N5O2. The highest BCUT2D eigenvalue weighted by molar-refractivity contribution is 5.94. The van der Waals surface area contributed by atoms with Gasteiger partial charge in [0.15, 0.2) is 5.78 Å². The number of hydrogen-bond donors (Lipinski definition) is 1. The average molecular weight is 430 g/mol. The van der Waals surface area contributed by atoms with Crippen LogP contribution in [0.5, 0.6) is 5.75 Å². The van der Waals surface area contributed by atoms with Crippen LogP contribution in [0.1, 0.15) is 11.1 Å². The number of ether oxygens (including phenoxy) is 1. The van der Waals surface area contributed by atoms with Gasteiger partial charge < -0.3 is 15.0 Å². The minimum absolute atomic E-state index is 0.167. The van der Waals surface area contributed by atoms with Gasteiger partial charge in [-0.25, -0.2) is 9.97 Å². The van der Waals surface area contributed by atoms with Crippen LogP contribution in [-0.4, -0.2) is 72.4 Å². The van der Waals surface area contributed by atoms with Crippen molar-refractivity contribution < 1.29 is 9.53 Å². The third-order valence-electron chi connectivity index (χ3n) is 5.71. The van der Waals surface area contributed by atoms with Crippen molar-refractivity contribution in [1.82, 2.24) is 19.8 Å². The molecule has 1 fully saturated rings. The highest BCUT2D eigenvalue weighted by Gasteiger charge is 2.19. The molecule has 0 unspecified atom stereocenters. The summed E-state index contributed by atoms with van der Waals surface area (Å²) in [5, 5.41) is 4.15. The molecule has 4 rings (SSSR count). The lowest BCUT2D eigenvalue weighted by atomic mass is 10.0. The zero-order valence-electron chi connectivity index (χ0n) is 18.5. The molecule has 3 aromatic rings. The van der Waals surface area contributed by atoms with Crippen molar-refractivity contribution in [3.05, 3.63) is 53.9 Å². The Kier molecular flexibility index (Phi) is 6.64. The van der Waals surface area contributed by atoms with Gasteiger partial charge in [-0.1, -0.05) is 12.0 Å². The van der Waals surface area contributed by atoms with Crippen LogP contribution in [0, 0.1) is 12.3 Å². The monoisotopic (exact) mass is 429 g/mol. The smallest absolute Gasteiger partial charge is 0.151 e. The van der Waals surface area contributed by atoms with Crippen LogP contribution in [0.4, 0.5) is 11.5 Å². The number of Topliss-reactive ketones (excluding diaryl/α,β-unsaturated/α-hetero) is 1. The van der Waals surface area contributed by atoms with Gasteiger partial charge in [-0.05, 0) is 31.3 Å². The van der Waals surface area contributed by atoms with Gasteiger partial charge in [0.2, 0.25) is 0 Å². The summed E-state index contributed by atoms with van der Waals surface area (Å²) in [6.45, 7) is 4.25. The molecule has 1 aromatic heterocycles. The molecule has 0 aliphatic carbocycles. The van der Waals surface area contributed by atoms with E-state index in [4.69, 9.17) is 11.2 Å². The van der Waals surface area contributed by atoms with Crippen LogP contribution in [0.3, 0.4) is 0 Å². The number of aromatic nitrogens is 2. The number of fused-ring (bicyclic) bond motifs is 1. The lowest BCUT2D eigenvalue weighted by Gasteiger charge is -2.31. The summed E-state index contributed by atoms with van der Waals surface area (Å²) in [6.07, 6.45) is 7.32. The van der Waals surface area contributed by atoms with Gasteiger partial charge in [-0.2, -0.15) is 0 Å². The maximum absolute atomic E-state index is 12.8. The molecule has 32 heavy (non-hydrogen) atoms. The number of carbonyl (C=O) groups is 1. The van der Waals surface area contributed by atoms with Crippen molar-refractivity contribution in [2.75, 3.05) is 52.2 Å². The van der Waals surface area contributed by atoms with E-state index in [1.807, 2.05) is 36.4 Å². The highest BCUT2D eigenvalue weighted by Crippen LogP contribution is 2.30. The van der Waals surface area contributed by atoms with E-state index >= 15 is 0 Å². The fourth-order valence-electron chi connectivity index (χ4n) is 3.90. The number of hydrogen-bond acceptors (Lipinski definition) is 7. The van der Waals surface area contributed by atoms with E-state index in [0.717, 1.165) is 53.9 Å². The van der Waals surface area contributed by atoms with E-state index in [2.05, 4.69) is 38.1 Å². The van der Waals surface area contributed by atoms with Crippen LogP contribution >= 0.6 is 0 Å². The van der Waals surface area contributed by atoms with E-state index in [1.165, 1.54) is 6.33 Å². The van der Waals surface area contributed by atoms with Crippen LogP contribution in [-0.2, 0) is 11.2 Å². The average Bonchev–Trinajstić information content (AvgIpc) is 2.80. The van der Waals surface area contributed by atoms with E-state index in [0.29, 0.717) is 24.5 Å². The maximum Gasteiger partial charge on any atom is 0.151 e. The third kappa shape index (κ3) is 5.05. The second kappa shape index (κ2) is 9.77. The second-order valence-electron chi connectivity index (χ2n) is 8.05. The van der Waals surface area contributed by atoms with E-state index < -0.39 is 0 Å². The van der Waals surface area contributed by atoms with Crippen molar-refractivity contribution in [2.24, 2.45) is 0 Å². The zero-order valence-corrected chi connectivity index (χ0v) is 18.5. The first-order valence-electron chi connectivity index (χ1n) is 10.6. The summed E-state index contributed by atoms with van der Waals surface area (Å²) in [5.74, 6) is 4.11. The van der Waals surface area contributed by atoms with Gasteiger partial charge in [0, 0.05) is 60.9 Å². The standard InChI is InChI=1S/C25H27N5O2/c1-4-18-6-5-7-20(12-18)28-25-22-14-19(24(32-3)15-23(22)26-17-27-25)13-21(31)16-30-10-8-29(2)9-11-30/h1,5-7,12,14-15,17H,8-11,13,16H2,2-3H3,(H,26,27,28). The van der Waals surface area contributed by atoms with Crippen molar-refractivity contribution in [3.8, 4) is 18.1 Å². The summed E-state index contributed by atoms with van der Waals surface area (Å²) in [6, 6.07) is 11.4. The summed E-state index contributed by atoms with van der Waals surface area (Å²) in [7, 11) is 3.72. The quantitative estimate of drug-likeness (QED) is 0.579. The normalized spacial score (nSPS) is 14.8. The van der Waals surface area contributed by atoms with Crippen molar-refractivity contribution in [2.45, 2.75) is 6.42 Å². The number of carbonyl (C=O) groups excluding carboxylic acids is 1. The molecule has 1 aliphatic rings. The Morgan fingerprint density at radius 3 is 2.75 bits per heavy atom. The summed E-state index contributed by atoms with van der Waals surface area (Å²) in [4.78, 5) is 26.1. The Balaban J connectivity index is 1.59. The molecule has 0 amide bonds. The third-order valence-corrected chi connectivity index (χ3v) is 5.71. The predicted molar refractivity (Wildman–Crippen MR) is 126 cm³/mol. The molecule has 2 heterocycles. The molecule has 7 heteroatoms. The minimum Gasteiger partial charge on any atom is -0.496 e. The Hall–Kier alpha value is -3.47. The highest BCUT2D eigenvalue weighted by atomic mass is 16.5. The Morgan fingerprint density at radius 1 is 1.19 bits per heavy atom. The van der Waals surface area contributed by atoms with E-state index in [9.17, 15) is 4.79 Å². The summed E-state index contributed by atoms with van der Waals surface area (Å²) in [5.41, 5.74) is 3.19. The van der Waals surface area contributed by atoms with Crippen LogP contribution in [0.25, 0.3) is 10.9 Å². The van der Waals surface area contributed by atoms with Crippen molar-refractivity contribution >= 4 is 28.2 Å². The van der Waals surface area contributed by atoms with Crippen LogP contribution in [0.15, 0.2) is 42.7 Å². The molecule has 0 spiro atoms. The number of nitrogens with one attached hydrogen (secondary N) is 1. The number of terminal acetylenes is 1. The molecule has 1 saturated heterocycles. The SMILES string of the molecule is C#Cc1cccc(Nc2ncnc3cc(OC)c(CC(=O)CN4CCN(C)CC4)cc23)c1. The van der Waals surface area contributed by atoms with E-state index in [1.54, 1.807) is 7.11 Å². The lowest BCUT2D eigenvalue weighted by Crippen LogP contribution is -2.46. The number of rotatable bonds is 7. The fraction of sp³-hybridized carbons (Fsp3) is 0.320. The minimum atomic E-state index is 0.167. The molecule has 1 aliphatic heterocycles. The largest absolute Gasteiger partial charge is 0.496 e. The Bertz CT molecular complexity index is 1160. The first kappa shape index (κ1) is 21.8. The maximum atomic E-state index is 12.8. The van der Waals surface area contributed by atoms with Crippen LogP contribution in [0.2, 0.25) is 0 Å². The lowest BCUT2D eigenvalue weighted by molar-refractivity contribution is -0.120. The Morgan fingerprint density at radius 2 is 2.00 bits per heavy atom. The molecule has 7 nitrogen and oxygen atoms in total. The molecule has 0 atom stereocenters. The van der Waals surface area contributed by atoms with Crippen molar-refractivity contribution in [1.29, 1.82) is 0 Å². The van der Waals surface area contributed by atoms with Gasteiger partial charge >= 0.3 is 0 Å². The number of anilines is 2. The number of methoxy groups -OCH3 is 1. The van der Waals surface area contributed by atoms with E-state index in [-0.39, 0.29) is 5.78 Å². The number of ketones is 1. The molecule has 164 valence electrons. The van der Waals surface area contributed by atoms with Gasteiger partial charge in [-0.3, -0.25) is 9.69 Å². The van der Waals surface area contributed by atoms with Crippen LogP contribution < -0.4 is 10.1 Å². The van der Waals surface area contributed by atoms with Gasteiger partial charge in [0.05, 0.1) is 19.2 Å². The number of likely N-dealkylation sites (N-methyl/N-ethyl adjacent to an activating group) is 1. The first-order valence-corrected chi connectivity index (χ1v) is 10.6.